The van der Waals surface area contributed by atoms with Gasteiger partial charge in [0.05, 0.1) is 0 Å². The highest BCUT2D eigenvalue weighted by Gasteiger charge is 2.23. The van der Waals surface area contributed by atoms with Crippen LogP contribution in [0.5, 0.6) is 0 Å². The summed E-state index contributed by atoms with van der Waals surface area (Å²) in [4.78, 5) is 14.1. The first-order valence-electron chi connectivity index (χ1n) is 6.20. The van der Waals surface area contributed by atoms with Crippen LogP contribution in [0.15, 0.2) is 0 Å². The van der Waals surface area contributed by atoms with Crippen molar-refractivity contribution in [2.45, 2.75) is 46.1 Å². The van der Waals surface area contributed by atoms with E-state index >= 15 is 0 Å². The number of nitrogens with one attached hydrogen (secondary N) is 1. The van der Waals surface area contributed by atoms with Crippen molar-refractivity contribution in [3.8, 4) is 0 Å². The zero-order chi connectivity index (χ0) is 11.3. The molecule has 3 heteroatoms. The van der Waals surface area contributed by atoms with Crippen molar-refractivity contribution in [3.05, 3.63) is 0 Å². The molecule has 0 aliphatic carbocycles. The van der Waals surface area contributed by atoms with Gasteiger partial charge in [-0.15, -0.1) is 0 Å². The Morgan fingerprint density at radius 1 is 1.53 bits per heavy atom. The van der Waals surface area contributed by atoms with E-state index in [0.717, 1.165) is 19.5 Å². The summed E-state index contributed by atoms with van der Waals surface area (Å²) in [6, 6.07) is 0.572. The average molecular weight is 212 g/mol. The molecule has 0 unspecified atom stereocenters. The fourth-order valence-corrected chi connectivity index (χ4v) is 2.12. The fourth-order valence-electron chi connectivity index (χ4n) is 2.12. The maximum Gasteiger partial charge on any atom is 0.222 e. The molecule has 1 heterocycles. The molecular formula is C12H24N2O. The molecule has 1 saturated heterocycles. The van der Waals surface area contributed by atoms with Crippen LogP contribution in [0.25, 0.3) is 0 Å². The Hall–Kier alpha value is -0.570. The number of likely N-dealkylation sites (N-methyl/N-ethyl adjacent to an activating group) is 1. The highest BCUT2D eigenvalue weighted by atomic mass is 16.1. The zero-order valence-corrected chi connectivity index (χ0v) is 10.3. The number of amides is 1. The summed E-state index contributed by atoms with van der Waals surface area (Å²) in [5.74, 6) is 0.363. The third kappa shape index (κ3) is 3.49. The second-order valence-electron chi connectivity index (χ2n) is 4.48. The van der Waals surface area contributed by atoms with E-state index in [9.17, 15) is 4.79 Å². The Labute approximate surface area is 93.2 Å². The second-order valence-corrected chi connectivity index (χ2v) is 4.48. The van der Waals surface area contributed by atoms with Crippen LogP contribution in [0.3, 0.4) is 0 Å². The Balaban J connectivity index is 2.27. The van der Waals surface area contributed by atoms with Crippen LogP contribution in [0.2, 0.25) is 0 Å². The van der Waals surface area contributed by atoms with E-state index in [1.54, 1.807) is 0 Å². The Morgan fingerprint density at radius 3 is 2.87 bits per heavy atom. The van der Waals surface area contributed by atoms with Gasteiger partial charge in [-0.3, -0.25) is 9.69 Å². The topological polar surface area (TPSA) is 32.3 Å². The standard InChI is InChI=1S/C12H24N2O/c1-4-10(3)12(15)13-9-11-7-6-8-14(11)5-2/h10-11H,4-9H2,1-3H3,(H,13,15)/t10-,11+/m0/s1. The highest BCUT2D eigenvalue weighted by Crippen LogP contribution is 2.15. The van der Waals surface area contributed by atoms with Crippen LogP contribution in [-0.2, 0) is 4.79 Å². The molecule has 3 nitrogen and oxygen atoms in total. The van der Waals surface area contributed by atoms with E-state index < -0.39 is 0 Å². The molecule has 1 fully saturated rings. The number of likely N-dealkylation sites (tertiary alicyclic amines) is 1. The first kappa shape index (κ1) is 12.5. The molecule has 1 amide bonds. The van der Waals surface area contributed by atoms with Crippen molar-refractivity contribution >= 4 is 5.91 Å². The van der Waals surface area contributed by atoms with Gasteiger partial charge in [-0.25, -0.2) is 0 Å². The predicted molar refractivity (Wildman–Crippen MR) is 62.7 cm³/mol. The molecule has 0 aromatic carbocycles. The number of carbonyl (C=O) groups is 1. The lowest BCUT2D eigenvalue weighted by Crippen LogP contribution is -2.41. The van der Waals surface area contributed by atoms with Gasteiger partial charge in [-0.05, 0) is 32.4 Å². The second kappa shape index (κ2) is 6.11. The summed E-state index contributed by atoms with van der Waals surface area (Å²) in [5, 5.41) is 3.06. The SMILES string of the molecule is CC[C@H](C)C(=O)NC[C@H]1CCCN1CC. The molecule has 0 bridgehead atoms. The van der Waals surface area contributed by atoms with E-state index in [1.165, 1.54) is 19.4 Å². The van der Waals surface area contributed by atoms with Gasteiger partial charge in [0, 0.05) is 18.5 Å². The number of hydrogen-bond acceptors (Lipinski definition) is 2. The molecule has 0 radical (unpaired) electrons. The highest BCUT2D eigenvalue weighted by molar-refractivity contribution is 5.78. The normalized spacial score (nSPS) is 24.1. The van der Waals surface area contributed by atoms with Gasteiger partial charge in [0.25, 0.3) is 0 Å². The number of hydrogen-bond donors (Lipinski definition) is 1. The minimum absolute atomic E-state index is 0.154. The Kier molecular flexibility index (Phi) is 5.09. The van der Waals surface area contributed by atoms with Crippen LogP contribution in [0.4, 0.5) is 0 Å². The maximum absolute atomic E-state index is 11.6. The molecule has 88 valence electrons. The molecular weight excluding hydrogens is 188 g/mol. The summed E-state index contributed by atoms with van der Waals surface area (Å²) in [6.07, 6.45) is 3.43. The average Bonchev–Trinajstić information content (AvgIpc) is 2.71. The largest absolute Gasteiger partial charge is 0.354 e. The smallest absolute Gasteiger partial charge is 0.222 e. The van der Waals surface area contributed by atoms with E-state index in [1.807, 2.05) is 6.92 Å². The quantitative estimate of drug-likeness (QED) is 0.751. The van der Waals surface area contributed by atoms with Gasteiger partial charge in [-0.1, -0.05) is 20.8 Å². The fraction of sp³-hybridized carbons (Fsp3) is 0.917. The summed E-state index contributed by atoms with van der Waals surface area (Å²) < 4.78 is 0. The van der Waals surface area contributed by atoms with E-state index in [-0.39, 0.29) is 11.8 Å². The lowest BCUT2D eigenvalue weighted by Gasteiger charge is -2.23. The Morgan fingerprint density at radius 2 is 2.27 bits per heavy atom. The lowest BCUT2D eigenvalue weighted by atomic mass is 10.1. The van der Waals surface area contributed by atoms with Crippen LogP contribution in [-0.4, -0.2) is 36.5 Å². The molecule has 0 spiro atoms. The van der Waals surface area contributed by atoms with Crippen LogP contribution < -0.4 is 5.32 Å². The van der Waals surface area contributed by atoms with Crippen molar-refractivity contribution in [2.75, 3.05) is 19.6 Å². The van der Waals surface area contributed by atoms with Gasteiger partial charge in [0.1, 0.15) is 0 Å². The van der Waals surface area contributed by atoms with Gasteiger partial charge in [0.15, 0.2) is 0 Å². The first-order chi connectivity index (χ1) is 7.19. The van der Waals surface area contributed by atoms with Gasteiger partial charge < -0.3 is 5.32 Å². The van der Waals surface area contributed by atoms with Crippen molar-refractivity contribution in [2.24, 2.45) is 5.92 Å². The Bertz CT molecular complexity index is 206. The monoisotopic (exact) mass is 212 g/mol. The molecule has 15 heavy (non-hydrogen) atoms. The number of carbonyl (C=O) groups excluding carboxylic acids is 1. The van der Waals surface area contributed by atoms with E-state index in [4.69, 9.17) is 0 Å². The zero-order valence-electron chi connectivity index (χ0n) is 10.3. The summed E-state index contributed by atoms with van der Waals surface area (Å²) >= 11 is 0. The number of rotatable bonds is 5. The third-order valence-corrected chi connectivity index (χ3v) is 3.48. The van der Waals surface area contributed by atoms with Gasteiger partial charge >= 0.3 is 0 Å². The molecule has 0 aromatic heterocycles. The van der Waals surface area contributed by atoms with Crippen molar-refractivity contribution in [3.63, 3.8) is 0 Å². The summed E-state index contributed by atoms with van der Waals surface area (Å²) in [6.45, 7) is 9.36. The van der Waals surface area contributed by atoms with Crippen LogP contribution in [0, 0.1) is 5.92 Å². The maximum atomic E-state index is 11.6. The first-order valence-corrected chi connectivity index (χ1v) is 6.20. The molecule has 1 aliphatic rings. The summed E-state index contributed by atoms with van der Waals surface area (Å²) in [5.41, 5.74) is 0. The van der Waals surface area contributed by atoms with Crippen LogP contribution >= 0.6 is 0 Å². The predicted octanol–water partition coefficient (Wildman–Crippen LogP) is 1.63. The van der Waals surface area contributed by atoms with E-state index in [2.05, 4.69) is 24.1 Å². The minimum Gasteiger partial charge on any atom is -0.354 e. The van der Waals surface area contributed by atoms with Gasteiger partial charge in [0.2, 0.25) is 5.91 Å². The number of nitrogens with zero attached hydrogens (tertiary/aromatic N) is 1. The third-order valence-electron chi connectivity index (χ3n) is 3.48. The van der Waals surface area contributed by atoms with Crippen molar-refractivity contribution < 1.29 is 4.79 Å². The molecule has 2 atom stereocenters. The van der Waals surface area contributed by atoms with Crippen molar-refractivity contribution in [1.29, 1.82) is 0 Å². The van der Waals surface area contributed by atoms with Crippen molar-refractivity contribution in [1.82, 2.24) is 10.2 Å². The molecule has 1 rings (SSSR count). The van der Waals surface area contributed by atoms with Gasteiger partial charge in [-0.2, -0.15) is 0 Å². The van der Waals surface area contributed by atoms with Crippen LogP contribution in [0.1, 0.15) is 40.0 Å². The summed E-state index contributed by atoms with van der Waals surface area (Å²) in [7, 11) is 0. The van der Waals surface area contributed by atoms with E-state index in [0.29, 0.717) is 6.04 Å². The molecule has 1 aliphatic heterocycles. The molecule has 0 saturated carbocycles. The molecule has 0 aromatic rings. The lowest BCUT2D eigenvalue weighted by molar-refractivity contribution is -0.124. The minimum atomic E-state index is 0.154. The molecule has 1 N–H and O–H groups in total.